The largest absolute Gasteiger partial charge is 0.353 e. The van der Waals surface area contributed by atoms with Crippen molar-refractivity contribution in [1.29, 1.82) is 0 Å². The van der Waals surface area contributed by atoms with Crippen LogP contribution >= 0.6 is 0 Å². The van der Waals surface area contributed by atoms with Gasteiger partial charge in [0.05, 0.1) is 0 Å². The highest BCUT2D eigenvalue weighted by atomic mass is 16.3. The Labute approximate surface area is 161 Å². The molecule has 0 aromatic carbocycles. The topological polar surface area (TPSA) is 39.9 Å². The summed E-state index contributed by atoms with van der Waals surface area (Å²) in [7, 11) is 0. The maximum Gasteiger partial charge on any atom is 0.243 e. The third-order valence-electron chi connectivity index (χ3n) is 5.28. The molecule has 0 aliphatic rings. The highest BCUT2D eigenvalue weighted by molar-refractivity contribution is 4.82. The van der Waals surface area contributed by atoms with Crippen molar-refractivity contribution in [3.63, 3.8) is 0 Å². The molecule has 3 nitrogen and oxygen atoms in total. The van der Waals surface area contributed by atoms with E-state index in [2.05, 4.69) is 24.1 Å². The molecule has 150 valence electrons. The number of aliphatic hydroxyl groups is 1. The van der Waals surface area contributed by atoms with E-state index >= 15 is 0 Å². The van der Waals surface area contributed by atoms with Crippen molar-refractivity contribution in [1.82, 2.24) is 4.98 Å². The monoisotopic (exact) mass is 363 g/mol. The number of hydrogen-bond donors (Lipinski definition) is 2. The van der Waals surface area contributed by atoms with Gasteiger partial charge >= 0.3 is 0 Å². The lowest BCUT2D eigenvalue weighted by atomic mass is 10.0. The van der Waals surface area contributed by atoms with Gasteiger partial charge in [0.15, 0.2) is 0 Å². The van der Waals surface area contributed by atoms with E-state index in [1.54, 1.807) is 6.33 Å². The quantitative estimate of drug-likeness (QED) is 0.188. The fourth-order valence-electron chi connectivity index (χ4n) is 3.41. The van der Waals surface area contributed by atoms with Crippen LogP contribution in [0.5, 0.6) is 0 Å². The van der Waals surface area contributed by atoms with Crippen LogP contribution in [0.25, 0.3) is 0 Å². The first-order chi connectivity index (χ1) is 12.7. The molecule has 0 radical (unpaired) electrons. The van der Waals surface area contributed by atoms with Gasteiger partial charge in [-0.25, -0.2) is 4.57 Å². The summed E-state index contributed by atoms with van der Waals surface area (Å²) in [4.78, 5) is 2.98. The zero-order chi connectivity index (χ0) is 18.9. The molecule has 1 unspecified atom stereocenters. The number of nitrogens with one attached hydrogen (secondary N) is 1. The summed E-state index contributed by atoms with van der Waals surface area (Å²) in [6, 6.07) is 0. The molecule has 1 aromatic rings. The third kappa shape index (κ3) is 11.5. The Balaban J connectivity index is 1.85. The van der Waals surface area contributed by atoms with E-state index in [0.29, 0.717) is 0 Å². The third-order valence-corrected chi connectivity index (χ3v) is 5.28. The van der Waals surface area contributed by atoms with Gasteiger partial charge in [0.1, 0.15) is 12.4 Å². The number of allylic oxidation sites excluding steroid dienone is 2. The van der Waals surface area contributed by atoms with Gasteiger partial charge in [0.2, 0.25) is 12.1 Å². The first-order valence-electron chi connectivity index (χ1n) is 11.1. The molecule has 2 N–H and O–H groups in total. The molecule has 0 bridgehead atoms. The Morgan fingerprint density at radius 3 is 1.92 bits per heavy atom. The zero-order valence-electron chi connectivity index (χ0n) is 17.4. The van der Waals surface area contributed by atoms with Crippen LogP contribution in [0.2, 0.25) is 0 Å². The molecular weight excluding hydrogens is 320 g/mol. The molecule has 1 aromatic heterocycles. The number of unbranched alkanes of at least 4 members (excludes halogenated alkanes) is 12. The van der Waals surface area contributed by atoms with Crippen molar-refractivity contribution in [3.8, 4) is 0 Å². The highest BCUT2D eigenvalue weighted by Gasteiger charge is 2.25. The summed E-state index contributed by atoms with van der Waals surface area (Å²) >= 11 is 0. The molecule has 0 saturated heterocycles. The van der Waals surface area contributed by atoms with Crippen molar-refractivity contribution >= 4 is 0 Å². The van der Waals surface area contributed by atoms with Gasteiger partial charge in [-0.2, -0.15) is 0 Å². The van der Waals surface area contributed by atoms with E-state index in [1.165, 1.54) is 83.5 Å². The van der Waals surface area contributed by atoms with E-state index < -0.39 is 5.72 Å². The molecular formula is C23H43N2O+. The predicted molar refractivity (Wildman–Crippen MR) is 111 cm³/mol. The lowest BCUT2D eigenvalue weighted by molar-refractivity contribution is -0.803. The van der Waals surface area contributed by atoms with Gasteiger partial charge < -0.3 is 5.11 Å². The summed E-state index contributed by atoms with van der Waals surface area (Å²) in [6.45, 7) is 4.14. The van der Waals surface area contributed by atoms with E-state index in [4.69, 9.17) is 0 Å². The van der Waals surface area contributed by atoms with Crippen LogP contribution in [0.15, 0.2) is 30.9 Å². The van der Waals surface area contributed by atoms with Crippen LogP contribution in [-0.4, -0.2) is 10.1 Å². The van der Waals surface area contributed by atoms with Crippen LogP contribution in [-0.2, 0) is 5.72 Å². The van der Waals surface area contributed by atoms with Crippen LogP contribution in [0.1, 0.15) is 110 Å². The van der Waals surface area contributed by atoms with Gasteiger partial charge in [-0.05, 0) is 19.3 Å². The lowest BCUT2D eigenvalue weighted by Gasteiger charge is -2.18. The second kappa shape index (κ2) is 15.0. The van der Waals surface area contributed by atoms with E-state index in [9.17, 15) is 5.11 Å². The molecule has 0 saturated carbocycles. The number of nitrogens with zero attached hydrogens (tertiary/aromatic N) is 1. The molecule has 1 rings (SSSR count). The summed E-state index contributed by atoms with van der Waals surface area (Å²) in [5, 5.41) is 10.4. The minimum absolute atomic E-state index is 0.741. The van der Waals surface area contributed by atoms with Crippen LogP contribution < -0.4 is 4.57 Å². The second-order valence-electron chi connectivity index (χ2n) is 7.92. The summed E-state index contributed by atoms with van der Waals surface area (Å²) in [6.07, 6.45) is 29.7. The summed E-state index contributed by atoms with van der Waals surface area (Å²) in [5.74, 6) is 0. The zero-order valence-corrected chi connectivity index (χ0v) is 17.4. The number of imidazole rings is 1. The standard InChI is InChI=1S/C23H42N2O/c1-3-4-5-6-7-8-9-10-11-12-13-14-15-16-17-18-19-23(2,26)25-21-20-24-22-25/h16-17,20-22,26H,3-15,18-19H2,1-2H3/p+1. The maximum absolute atomic E-state index is 10.4. The SMILES string of the molecule is CCCCCCCCCCCCCCC=CCCC(C)(O)[n+]1cc[nH]c1. The van der Waals surface area contributed by atoms with Crippen molar-refractivity contribution in [2.24, 2.45) is 0 Å². The van der Waals surface area contributed by atoms with Crippen molar-refractivity contribution in [3.05, 3.63) is 30.9 Å². The first kappa shape index (κ1) is 23.0. The molecule has 26 heavy (non-hydrogen) atoms. The fourth-order valence-corrected chi connectivity index (χ4v) is 3.41. The van der Waals surface area contributed by atoms with Gasteiger partial charge in [-0.1, -0.05) is 89.7 Å². The number of hydrogen-bond acceptors (Lipinski definition) is 1. The van der Waals surface area contributed by atoms with Crippen molar-refractivity contribution < 1.29 is 9.67 Å². The number of aromatic amines is 1. The Morgan fingerprint density at radius 1 is 0.846 bits per heavy atom. The van der Waals surface area contributed by atoms with Gasteiger partial charge in [0.25, 0.3) is 0 Å². The van der Waals surface area contributed by atoms with Crippen LogP contribution in [0.3, 0.4) is 0 Å². The van der Waals surface area contributed by atoms with E-state index in [1.807, 2.05) is 23.9 Å². The Bertz CT molecular complexity index is 437. The van der Waals surface area contributed by atoms with Crippen molar-refractivity contribution in [2.45, 2.75) is 116 Å². The molecule has 0 aliphatic carbocycles. The Hall–Kier alpha value is -1.09. The highest BCUT2D eigenvalue weighted by Crippen LogP contribution is 2.14. The molecule has 0 spiro atoms. The molecule has 1 heterocycles. The Kier molecular flexibility index (Phi) is 13.3. The molecule has 3 heteroatoms. The molecule has 0 amide bonds. The van der Waals surface area contributed by atoms with Gasteiger partial charge in [-0.3, -0.25) is 4.98 Å². The minimum Gasteiger partial charge on any atom is -0.353 e. The van der Waals surface area contributed by atoms with Gasteiger partial charge in [-0.15, -0.1) is 0 Å². The lowest BCUT2D eigenvalue weighted by Crippen LogP contribution is -2.52. The number of rotatable bonds is 17. The number of aromatic nitrogens is 2. The minimum atomic E-state index is -0.805. The van der Waals surface area contributed by atoms with Crippen LogP contribution in [0, 0.1) is 0 Å². The maximum atomic E-state index is 10.4. The summed E-state index contributed by atoms with van der Waals surface area (Å²) < 4.78 is 1.83. The van der Waals surface area contributed by atoms with E-state index in [-0.39, 0.29) is 0 Å². The van der Waals surface area contributed by atoms with Crippen LogP contribution in [0.4, 0.5) is 0 Å². The average molecular weight is 364 g/mol. The molecule has 0 aliphatic heterocycles. The van der Waals surface area contributed by atoms with Crippen molar-refractivity contribution in [2.75, 3.05) is 0 Å². The number of H-pyrrole nitrogens is 1. The predicted octanol–water partition coefficient (Wildman–Crippen LogP) is 6.39. The smallest absolute Gasteiger partial charge is 0.243 e. The molecule has 1 atom stereocenters. The Morgan fingerprint density at radius 2 is 1.38 bits per heavy atom. The first-order valence-corrected chi connectivity index (χ1v) is 11.1. The normalized spacial score (nSPS) is 14.1. The average Bonchev–Trinajstić information content (AvgIpc) is 3.17. The summed E-state index contributed by atoms with van der Waals surface area (Å²) in [5.41, 5.74) is -0.805. The molecule has 0 fully saturated rings. The van der Waals surface area contributed by atoms with E-state index in [0.717, 1.165) is 12.8 Å². The fraction of sp³-hybridized carbons (Fsp3) is 0.783. The second-order valence-corrected chi connectivity index (χ2v) is 7.92. The van der Waals surface area contributed by atoms with Gasteiger partial charge in [0, 0.05) is 13.3 Å².